The number of carbonyl (C=O) groups is 1. The van der Waals surface area contributed by atoms with Crippen LogP contribution in [0.3, 0.4) is 0 Å². The van der Waals surface area contributed by atoms with E-state index in [1.165, 1.54) is 0 Å². The maximum absolute atomic E-state index is 13.1. The third-order valence-corrected chi connectivity index (χ3v) is 4.44. The first-order valence-corrected chi connectivity index (χ1v) is 7.47. The molecule has 4 rings (SSSR count). The quantitative estimate of drug-likeness (QED) is 0.779. The second kappa shape index (κ2) is 4.70. The summed E-state index contributed by atoms with van der Waals surface area (Å²) in [5.41, 5.74) is 2.97. The molecule has 0 N–H and O–H groups in total. The highest BCUT2D eigenvalue weighted by Crippen LogP contribution is 2.47. The molecule has 0 bridgehead atoms. The molecule has 0 aromatic heterocycles. The third kappa shape index (κ3) is 1.70. The molecule has 0 radical (unpaired) electrons. The van der Waals surface area contributed by atoms with Crippen LogP contribution in [0.25, 0.3) is 6.08 Å². The number of para-hydroxylation sites is 1. The summed E-state index contributed by atoms with van der Waals surface area (Å²) in [6, 6.07) is 15.9. The molecule has 1 spiro atoms. The fourth-order valence-electron chi connectivity index (χ4n) is 3.45. The molecule has 2 aliphatic rings. The average molecular weight is 288 g/mol. The molecule has 22 heavy (non-hydrogen) atoms. The summed E-state index contributed by atoms with van der Waals surface area (Å²) in [6.07, 6.45) is 4.90. The number of ketones is 1. The van der Waals surface area contributed by atoms with Gasteiger partial charge in [0.15, 0.2) is 0 Å². The minimum atomic E-state index is -0.909. The molecular weight excluding hydrogens is 272 g/mol. The second-order valence-corrected chi connectivity index (χ2v) is 5.79. The Hall–Kier alpha value is -2.61. The largest absolute Gasteiger partial charge is 0.474 e. The Bertz CT molecular complexity index is 789. The number of hydrogen-bond donors (Lipinski definition) is 0. The first kappa shape index (κ1) is 13.1. The number of Topliss-reactive ketones (excluding diaryl/α,β-unsaturated/α-hetero) is 1. The summed E-state index contributed by atoms with van der Waals surface area (Å²) in [7, 11) is 0. The van der Waals surface area contributed by atoms with Crippen molar-refractivity contribution in [1.82, 2.24) is 0 Å². The predicted octanol–water partition coefficient (Wildman–Crippen LogP) is 4.06. The zero-order valence-electron chi connectivity index (χ0n) is 12.2. The lowest BCUT2D eigenvalue weighted by Gasteiger charge is -2.33. The highest BCUT2D eigenvalue weighted by atomic mass is 16.5. The number of fused-ring (bicyclic) bond motifs is 3. The Labute approximate surface area is 129 Å². The second-order valence-electron chi connectivity index (χ2n) is 5.79. The van der Waals surface area contributed by atoms with Crippen LogP contribution in [0.1, 0.15) is 23.1 Å². The molecule has 2 nitrogen and oxygen atoms in total. The molecule has 1 aliphatic heterocycles. The number of hydrogen-bond acceptors (Lipinski definition) is 2. The van der Waals surface area contributed by atoms with Crippen LogP contribution in [-0.4, -0.2) is 5.78 Å². The van der Waals surface area contributed by atoms with Crippen LogP contribution in [0.2, 0.25) is 0 Å². The minimum absolute atomic E-state index is 0.0577. The van der Waals surface area contributed by atoms with Crippen LogP contribution in [-0.2, 0) is 16.8 Å². The monoisotopic (exact) mass is 288 g/mol. The minimum Gasteiger partial charge on any atom is -0.474 e. The summed E-state index contributed by atoms with van der Waals surface area (Å²) in [6.45, 7) is 3.77. The lowest BCUT2D eigenvalue weighted by atomic mass is 9.75. The molecule has 0 amide bonds. The smallest absolute Gasteiger partial charge is 0.207 e. The lowest BCUT2D eigenvalue weighted by Crippen LogP contribution is -2.43. The summed E-state index contributed by atoms with van der Waals surface area (Å²) in [4.78, 5) is 13.1. The van der Waals surface area contributed by atoms with E-state index in [-0.39, 0.29) is 5.78 Å². The van der Waals surface area contributed by atoms with Crippen LogP contribution < -0.4 is 4.74 Å². The van der Waals surface area contributed by atoms with Gasteiger partial charge in [0.25, 0.3) is 0 Å². The van der Waals surface area contributed by atoms with Gasteiger partial charge in [-0.25, -0.2) is 0 Å². The molecule has 1 unspecified atom stereocenters. The van der Waals surface area contributed by atoms with Crippen molar-refractivity contribution in [1.29, 1.82) is 0 Å². The number of ether oxygens (including phenoxy) is 1. The SMILES string of the molecule is C=CCC1=Cc2ccccc2C2(Cc3ccccc3O2)C1=O. The van der Waals surface area contributed by atoms with Crippen molar-refractivity contribution in [2.75, 3.05) is 0 Å². The molecule has 2 heteroatoms. The first-order chi connectivity index (χ1) is 10.7. The van der Waals surface area contributed by atoms with E-state index in [2.05, 4.69) is 6.58 Å². The van der Waals surface area contributed by atoms with Gasteiger partial charge in [0, 0.05) is 17.6 Å². The number of rotatable bonds is 2. The van der Waals surface area contributed by atoms with E-state index in [1.54, 1.807) is 6.08 Å². The number of carbonyl (C=O) groups excluding carboxylic acids is 1. The van der Waals surface area contributed by atoms with Gasteiger partial charge in [-0.15, -0.1) is 6.58 Å². The summed E-state index contributed by atoms with van der Waals surface area (Å²) in [5.74, 6) is 0.868. The summed E-state index contributed by atoms with van der Waals surface area (Å²) in [5, 5.41) is 0. The molecule has 0 saturated carbocycles. The molecule has 108 valence electrons. The molecule has 1 atom stereocenters. The normalized spacial score (nSPS) is 21.8. The fourth-order valence-corrected chi connectivity index (χ4v) is 3.45. The van der Waals surface area contributed by atoms with Gasteiger partial charge in [-0.2, -0.15) is 0 Å². The van der Waals surface area contributed by atoms with E-state index in [9.17, 15) is 4.79 Å². The molecule has 1 heterocycles. The first-order valence-electron chi connectivity index (χ1n) is 7.47. The average Bonchev–Trinajstić information content (AvgIpc) is 2.93. The van der Waals surface area contributed by atoms with Crippen LogP contribution in [0.5, 0.6) is 5.75 Å². The summed E-state index contributed by atoms with van der Waals surface area (Å²) >= 11 is 0. The van der Waals surface area contributed by atoms with E-state index in [4.69, 9.17) is 4.74 Å². The molecule has 0 saturated heterocycles. The van der Waals surface area contributed by atoms with Crippen LogP contribution in [0.15, 0.2) is 66.8 Å². The molecule has 2 aromatic rings. The van der Waals surface area contributed by atoms with Gasteiger partial charge in [-0.3, -0.25) is 4.79 Å². The lowest BCUT2D eigenvalue weighted by molar-refractivity contribution is -0.130. The third-order valence-electron chi connectivity index (χ3n) is 4.44. The zero-order chi connectivity index (χ0) is 15.2. The Balaban J connectivity index is 1.91. The van der Waals surface area contributed by atoms with E-state index in [0.717, 1.165) is 28.0 Å². The Morgan fingerprint density at radius 2 is 1.91 bits per heavy atom. The van der Waals surface area contributed by atoms with Crippen molar-refractivity contribution in [3.8, 4) is 5.75 Å². The van der Waals surface area contributed by atoms with E-state index >= 15 is 0 Å². The number of benzene rings is 2. The van der Waals surface area contributed by atoms with E-state index in [1.807, 2.05) is 54.6 Å². The van der Waals surface area contributed by atoms with Crippen molar-refractivity contribution in [2.24, 2.45) is 0 Å². The van der Waals surface area contributed by atoms with Crippen molar-refractivity contribution in [2.45, 2.75) is 18.4 Å². The van der Waals surface area contributed by atoms with Gasteiger partial charge in [0.05, 0.1) is 0 Å². The Morgan fingerprint density at radius 3 is 2.73 bits per heavy atom. The number of allylic oxidation sites excluding steroid dienone is 1. The maximum atomic E-state index is 13.1. The molecule has 0 fully saturated rings. The van der Waals surface area contributed by atoms with E-state index in [0.29, 0.717) is 12.8 Å². The fraction of sp³-hybridized carbons (Fsp3) is 0.150. The topological polar surface area (TPSA) is 26.3 Å². The van der Waals surface area contributed by atoms with Gasteiger partial charge < -0.3 is 4.74 Å². The van der Waals surface area contributed by atoms with Crippen molar-refractivity contribution in [3.05, 3.63) is 83.4 Å². The zero-order valence-corrected chi connectivity index (χ0v) is 12.2. The molecular formula is C20H16O2. The van der Waals surface area contributed by atoms with E-state index < -0.39 is 5.60 Å². The Kier molecular flexibility index (Phi) is 2.80. The van der Waals surface area contributed by atoms with Crippen LogP contribution in [0.4, 0.5) is 0 Å². The van der Waals surface area contributed by atoms with Gasteiger partial charge in [0.1, 0.15) is 5.75 Å². The van der Waals surface area contributed by atoms with Gasteiger partial charge >= 0.3 is 0 Å². The van der Waals surface area contributed by atoms with Gasteiger partial charge in [-0.1, -0.05) is 48.5 Å². The van der Waals surface area contributed by atoms with Gasteiger partial charge in [0.2, 0.25) is 11.4 Å². The molecule has 1 aliphatic carbocycles. The maximum Gasteiger partial charge on any atom is 0.207 e. The highest BCUT2D eigenvalue weighted by molar-refractivity contribution is 6.09. The van der Waals surface area contributed by atoms with Crippen LogP contribution in [0, 0.1) is 0 Å². The van der Waals surface area contributed by atoms with Gasteiger partial charge in [-0.05, 0) is 29.7 Å². The summed E-state index contributed by atoms with van der Waals surface area (Å²) < 4.78 is 6.23. The Morgan fingerprint density at radius 1 is 1.14 bits per heavy atom. The van der Waals surface area contributed by atoms with Crippen molar-refractivity contribution < 1.29 is 9.53 Å². The van der Waals surface area contributed by atoms with Crippen molar-refractivity contribution in [3.63, 3.8) is 0 Å². The molecule has 2 aromatic carbocycles. The van der Waals surface area contributed by atoms with Crippen molar-refractivity contribution >= 4 is 11.9 Å². The van der Waals surface area contributed by atoms with Crippen LogP contribution >= 0.6 is 0 Å². The predicted molar refractivity (Wildman–Crippen MR) is 86.7 cm³/mol. The highest BCUT2D eigenvalue weighted by Gasteiger charge is 2.50. The standard InChI is InChI=1S/C20H16O2/c1-2-7-15-12-14-8-3-5-10-17(14)20(19(15)21)13-16-9-4-6-11-18(16)22-20/h2-6,8-12H,1,7,13H2.